The molecule has 1 saturated heterocycles. The molecule has 0 aliphatic carbocycles. The summed E-state index contributed by atoms with van der Waals surface area (Å²) in [4.78, 5) is 23.1. The number of nitrogens with one attached hydrogen (secondary N) is 1. The van der Waals surface area contributed by atoms with Crippen molar-refractivity contribution in [1.82, 2.24) is 19.4 Å². The van der Waals surface area contributed by atoms with Crippen LogP contribution in [0.25, 0.3) is 11.0 Å². The van der Waals surface area contributed by atoms with Crippen molar-refractivity contribution in [2.45, 2.75) is 32.7 Å². The van der Waals surface area contributed by atoms with Gasteiger partial charge < -0.3 is 14.5 Å². The lowest BCUT2D eigenvalue weighted by Gasteiger charge is -2.23. The fourth-order valence-electron chi connectivity index (χ4n) is 3.57. The number of amides is 1. The average molecular weight is 322 g/mol. The second-order valence-corrected chi connectivity index (χ2v) is 6.72. The van der Waals surface area contributed by atoms with Crippen LogP contribution in [0.2, 0.25) is 0 Å². The highest BCUT2D eigenvalue weighted by molar-refractivity contribution is 5.93. The van der Waals surface area contributed by atoms with Gasteiger partial charge in [-0.2, -0.15) is 0 Å². The van der Waals surface area contributed by atoms with Crippen LogP contribution in [0.4, 0.5) is 0 Å². The van der Waals surface area contributed by atoms with E-state index in [0.29, 0.717) is 0 Å². The first-order valence-corrected chi connectivity index (χ1v) is 8.44. The van der Waals surface area contributed by atoms with Gasteiger partial charge in [0, 0.05) is 19.3 Å². The Morgan fingerprint density at radius 2 is 2.08 bits per heavy atom. The lowest BCUT2D eigenvalue weighted by Crippen LogP contribution is -2.32. The van der Waals surface area contributed by atoms with E-state index in [-0.39, 0.29) is 11.9 Å². The van der Waals surface area contributed by atoms with Crippen molar-refractivity contribution in [3.05, 3.63) is 53.1 Å². The Hall–Kier alpha value is -2.56. The lowest BCUT2D eigenvalue weighted by molar-refractivity contribution is 0.0720. The van der Waals surface area contributed by atoms with Crippen LogP contribution in [-0.2, 0) is 7.05 Å². The summed E-state index contributed by atoms with van der Waals surface area (Å²) in [6.45, 7) is 4.87. The maximum absolute atomic E-state index is 13.0. The number of aromatic nitrogens is 3. The van der Waals surface area contributed by atoms with Crippen molar-refractivity contribution >= 4 is 16.9 Å². The molecule has 0 radical (unpaired) electrons. The zero-order chi connectivity index (χ0) is 16.8. The highest BCUT2D eigenvalue weighted by Crippen LogP contribution is 2.33. The monoisotopic (exact) mass is 322 g/mol. The summed E-state index contributed by atoms with van der Waals surface area (Å²) in [5.41, 5.74) is 5.04. The molecule has 24 heavy (non-hydrogen) atoms. The van der Waals surface area contributed by atoms with Crippen LogP contribution >= 0.6 is 0 Å². The van der Waals surface area contributed by atoms with Crippen molar-refractivity contribution < 1.29 is 4.79 Å². The van der Waals surface area contributed by atoms with Crippen LogP contribution in [0.1, 0.15) is 46.5 Å². The number of hydrogen-bond donors (Lipinski definition) is 1. The van der Waals surface area contributed by atoms with Gasteiger partial charge in [0.2, 0.25) is 0 Å². The van der Waals surface area contributed by atoms with Gasteiger partial charge >= 0.3 is 0 Å². The predicted octanol–water partition coefficient (Wildman–Crippen LogP) is 3.50. The number of aryl methyl sites for hydroxylation is 2. The number of benzene rings is 1. The number of aromatic amines is 1. The molecule has 3 heterocycles. The SMILES string of the molecule is Cc1ccc2nc([C@@H]3CCCN3C(=O)c3ccc(C)n3C)[nH]c2c1. The van der Waals surface area contributed by atoms with Crippen LogP contribution in [0.3, 0.4) is 0 Å². The topological polar surface area (TPSA) is 53.9 Å². The molecule has 124 valence electrons. The fraction of sp³-hybridized carbons (Fsp3) is 0.368. The minimum atomic E-state index is 0.0282. The van der Waals surface area contributed by atoms with Crippen LogP contribution in [0.5, 0.6) is 0 Å². The van der Waals surface area contributed by atoms with E-state index in [1.807, 2.05) is 41.6 Å². The lowest BCUT2D eigenvalue weighted by atomic mass is 10.2. The Bertz CT molecular complexity index is 921. The summed E-state index contributed by atoms with van der Waals surface area (Å²) in [5.74, 6) is 0.983. The van der Waals surface area contributed by atoms with Crippen LogP contribution < -0.4 is 0 Å². The molecule has 1 N–H and O–H groups in total. The van der Waals surface area contributed by atoms with Gasteiger partial charge in [-0.1, -0.05) is 6.07 Å². The molecule has 5 nitrogen and oxygen atoms in total. The largest absolute Gasteiger partial charge is 0.344 e. The molecule has 0 saturated carbocycles. The molecule has 1 aliphatic rings. The molecular weight excluding hydrogens is 300 g/mol. The van der Waals surface area contributed by atoms with Crippen LogP contribution in [0.15, 0.2) is 30.3 Å². The third-order valence-electron chi connectivity index (χ3n) is 5.08. The molecule has 4 rings (SSSR count). The van der Waals surface area contributed by atoms with E-state index in [4.69, 9.17) is 4.98 Å². The molecule has 1 amide bonds. The van der Waals surface area contributed by atoms with Crippen molar-refractivity contribution in [3.8, 4) is 0 Å². The summed E-state index contributed by atoms with van der Waals surface area (Å²) >= 11 is 0. The zero-order valence-electron chi connectivity index (χ0n) is 14.3. The van der Waals surface area contributed by atoms with Gasteiger partial charge in [-0.15, -0.1) is 0 Å². The first-order chi connectivity index (χ1) is 11.5. The molecule has 5 heteroatoms. The third-order valence-corrected chi connectivity index (χ3v) is 5.08. The average Bonchev–Trinajstić information content (AvgIpc) is 3.26. The van der Waals surface area contributed by atoms with Gasteiger partial charge in [-0.05, 0) is 56.5 Å². The molecule has 3 aromatic rings. The standard InChI is InChI=1S/C19H22N4O/c1-12-6-8-14-15(11-12)21-18(20-14)16-5-4-10-23(16)19(24)17-9-7-13(2)22(17)3/h6-9,11,16H,4-5,10H2,1-3H3,(H,20,21)/t16-/m0/s1. The number of fused-ring (bicyclic) bond motifs is 1. The van der Waals surface area contributed by atoms with Crippen LogP contribution in [0, 0.1) is 13.8 Å². The molecule has 0 unspecified atom stereocenters. The van der Waals surface area contributed by atoms with Gasteiger partial charge in [0.15, 0.2) is 0 Å². The number of carbonyl (C=O) groups is 1. The summed E-state index contributed by atoms with van der Waals surface area (Å²) in [5, 5.41) is 0. The first kappa shape index (κ1) is 15.0. The smallest absolute Gasteiger partial charge is 0.271 e. The predicted molar refractivity (Wildman–Crippen MR) is 94.0 cm³/mol. The van der Waals surface area contributed by atoms with E-state index in [9.17, 15) is 4.79 Å². The van der Waals surface area contributed by atoms with Gasteiger partial charge in [0.25, 0.3) is 5.91 Å². The Kier molecular flexibility index (Phi) is 3.44. The molecule has 1 fully saturated rings. The number of nitrogens with zero attached hydrogens (tertiary/aromatic N) is 3. The fourth-order valence-corrected chi connectivity index (χ4v) is 3.57. The van der Waals surface area contributed by atoms with Crippen molar-refractivity contribution in [1.29, 1.82) is 0 Å². The Labute approximate surface area is 141 Å². The van der Waals surface area contributed by atoms with E-state index in [2.05, 4.69) is 24.0 Å². The van der Waals surface area contributed by atoms with Crippen molar-refractivity contribution in [3.63, 3.8) is 0 Å². The van der Waals surface area contributed by atoms with E-state index in [0.717, 1.165) is 47.6 Å². The van der Waals surface area contributed by atoms with E-state index >= 15 is 0 Å². The maximum atomic E-state index is 13.0. The summed E-state index contributed by atoms with van der Waals surface area (Å²) in [7, 11) is 1.94. The number of H-pyrrole nitrogens is 1. The second kappa shape index (κ2) is 5.51. The summed E-state index contributed by atoms with van der Waals surface area (Å²) in [6.07, 6.45) is 1.96. The van der Waals surface area contributed by atoms with E-state index in [1.54, 1.807) is 0 Å². The van der Waals surface area contributed by atoms with Gasteiger partial charge in [0.1, 0.15) is 11.5 Å². The molecule has 0 spiro atoms. The Balaban J connectivity index is 1.68. The van der Waals surface area contributed by atoms with Gasteiger partial charge in [-0.25, -0.2) is 4.98 Å². The van der Waals surface area contributed by atoms with Gasteiger partial charge in [0.05, 0.1) is 17.1 Å². The van der Waals surface area contributed by atoms with Crippen LogP contribution in [-0.4, -0.2) is 31.9 Å². The molecule has 1 aliphatic heterocycles. The van der Waals surface area contributed by atoms with E-state index in [1.165, 1.54) is 5.56 Å². The van der Waals surface area contributed by atoms with E-state index < -0.39 is 0 Å². The molecule has 2 aromatic heterocycles. The normalized spacial score (nSPS) is 17.8. The number of rotatable bonds is 2. The molecule has 1 atom stereocenters. The van der Waals surface area contributed by atoms with Crippen molar-refractivity contribution in [2.24, 2.45) is 7.05 Å². The Morgan fingerprint density at radius 3 is 2.83 bits per heavy atom. The zero-order valence-corrected chi connectivity index (χ0v) is 14.3. The molecular formula is C19H22N4O. The van der Waals surface area contributed by atoms with Crippen molar-refractivity contribution in [2.75, 3.05) is 6.54 Å². The first-order valence-electron chi connectivity index (χ1n) is 8.44. The summed E-state index contributed by atoms with van der Waals surface area (Å²) in [6, 6.07) is 10.1. The minimum Gasteiger partial charge on any atom is -0.344 e. The van der Waals surface area contributed by atoms with Gasteiger partial charge in [-0.3, -0.25) is 4.79 Å². The number of imidazole rings is 1. The molecule has 0 bridgehead atoms. The number of carbonyl (C=O) groups excluding carboxylic acids is 1. The second-order valence-electron chi connectivity index (χ2n) is 6.72. The molecule has 1 aromatic carbocycles. The quantitative estimate of drug-likeness (QED) is 0.785. The minimum absolute atomic E-state index is 0.0282. The Morgan fingerprint density at radius 1 is 1.25 bits per heavy atom. The maximum Gasteiger partial charge on any atom is 0.271 e. The highest BCUT2D eigenvalue weighted by atomic mass is 16.2. The highest BCUT2D eigenvalue weighted by Gasteiger charge is 2.33. The third kappa shape index (κ3) is 2.31. The number of likely N-dealkylation sites (tertiary alicyclic amines) is 1. The number of hydrogen-bond acceptors (Lipinski definition) is 2. The summed E-state index contributed by atoms with van der Waals surface area (Å²) < 4.78 is 1.96.